The zero-order chi connectivity index (χ0) is 12.4. The molecule has 92 valence electrons. The van der Waals surface area contributed by atoms with Crippen LogP contribution in [0.15, 0.2) is 12.1 Å². The number of carbonyl (C=O) groups is 1. The number of halogens is 1. The van der Waals surface area contributed by atoms with Crippen molar-refractivity contribution in [2.75, 3.05) is 0 Å². The number of aromatic nitrogens is 1. The maximum absolute atomic E-state index is 11.9. The molecule has 1 aromatic rings. The van der Waals surface area contributed by atoms with Gasteiger partial charge >= 0.3 is 5.97 Å². The van der Waals surface area contributed by atoms with Crippen LogP contribution in [0.3, 0.4) is 0 Å². The van der Waals surface area contributed by atoms with E-state index >= 15 is 0 Å². The van der Waals surface area contributed by atoms with Crippen LogP contribution in [-0.2, 0) is 4.74 Å². The van der Waals surface area contributed by atoms with Gasteiger partial charge in [-0.25, -0.2) is 9.78 Å². The van der Waals surface area contributed by atoms with Crippen LogP contribution in [0.1, 0.15) is 55.1 Å². The van der Waals surface area contributed by atoms with Gasteiger partial charge in [-0.05, 0) is 37.3 Å². The summed E-state index contributed by atoms with van der Waals surface area (Å²) in [5.41, 5.74) is 1.32. The third-order valence-electron chi connectivity index (χ3n) is 2.97. The standard InChI is InChI=1S/C13H16ClNO2/c1-8(2)11-6-9(7-12(14)15-11)13(16)17-10-4-3-5-10/h6-8,10H,3-5H2,1-2H3. The molecule has 0 aliphatic heterocycles. The van der Waals surface area contributed by atoms with E-state index in [1.54, 1.807) is 12.1 Å². The molecular weight excluding hydrogens is 238 g/mol. The summed E-state index contributed by atoms with van der Waals surface area (Å²) in [7, 11) is 0. The second-order valence-electron chi connectivity index (χ2n) is 4.72. The van der Waals surface area contributed by atoms with Crippen LogP contribution in [0, 0.1) is 0 Å². The Morgan fingerprint density at radius 3 is 2.71 bits per heavy atom. The normalized spacial score (nSPS) is 15.8. The Morgan fingerprint density at radius 2 is 2.18 bits per heavy atom. The molecule has 17 heavy (non-hydrogen) atoms. The highest BCUT2D eigenvalue weighted by molar-refractivity contribution is 6.29. The smallest absolute Gasteiger partial charge is 0.338 e. The third-order valence-corrected chi connectivity index (χ3v) is 3.16. The van der Waals surface area contributed by atoms with Crippen LogP contribution in [0.5, 0.6) is 0 Å². The van der Waals surface area contributed by atoms with Gasteiger partial charge < -0.3 is 4.74 Å². The van der Waals surface area contributed by atoms with Crippen LogP contribution in [0.4, 0.5) is 0 Å². The quantitative estimate of drug-likeness (QED) is 0.611. The first-order valence-electron chi connectivity index (χ1n) is 5.94. The van der Waals surface area contributed by atoms with Crippen molar-refractivity contribution in [2.45, 2.75) is 45.1 Å². The summed E-state index contributed by atoms with van der Waals surface area (Å²) < 4.78 is 5.34. The Kier molecular flexibility index (Phi) is 3.67. The van der Waals surface area contributed by atoms with Crippen molar-refractivity contribution in [1.29, 1.82) is 0 Å². The molecule has 1 fully saturated rings. The van der Waals surface area contributed by atoms with Gasteiger partial charge in [0.1, 0.15) is 11.3 Å². The second kappa shape index (κ2) is 5.05. The van der Waals surface area contributed by atoms with Crippen LogP contribution in [-0.4, -0.2) is 17.1 Å². The first-order chi connectivity index (χ1) is 8.06. The third kappa shape index (κ3) is 2.97. The summed E-state index contributed by atoms with van der Waals surface area (Å²) >= 11 is 5.90. The van der Waals surface area contributed by atoms with Gasteiger partial charge in [-0.1, -0.05) is 25.4 Å². The SMILES string of the molecule is CC(C)c1cc(C(=O)OC2CCC2)cc(Cl)n1. The molecule has 4 heteroatoms. The summed E-state index contributed by atoms with van der Waals surface area (Å²) in [6.45, 7) is 4.03. The fourth-order valence-corrected chi connectivity index (χ4v) is 1.85. The molecule has 0 spiro atoms. The minimum absolute atomic E-state index is 0.0944. The fraction of sp³-hybridized carbons (Fsp3) is 0.538. The largest absolute Gasteiger partial charge is 0.459 e. The van der Waals surface area contributed by atoms with Gasteiger partial charge in [0.05, 0.1) is 5.56 Å². The average molecular weight is 254 g/mol. The van der Waals surface area contributed by atoms with Crippen molar-refractivity contribution < 1.29 is 9.53 Å². The molecule has 0 atom stereocenters. The van der Waals surface area contributed by atoms with Gasteiger partial charge in [0.2, 0.25) is 0 Å². The van der Waals surface area contributed by atoms with E-state index in [9.17, 15) is 4.79 Å². The van der Waals surface area contributed by atoms with Crippen molar-refractivity contribution in [1.82, 2.24) is 4.98 Å². The predicted molar refractivity (Wildman–Crippen MR) is 66.4 cm³/mol. The zero-order valence-electron chi connectivity index (χ0n) is 10.1. The average Bonchev–Trinajstić information content (AvgIpc) is 2.22. The van der Waals surface area contributed by atoms with Gasteiger partial charge in [0.25, 0.3) is 0 Å². The highest BCUT2D eigenvalue weighted by Crippen LogP contribution is 2.24. The fourth-order valence-electron chi connectivity index (χ4n) is 1.64. The molecule has 0 amide bonds. The predicted octanol–water partition coefficient (Wildman–Crippen LogP) is 3.57. The van der Waals surface area contributed by atoms with E-state index in [1.165, 1.54) is 0 Å². The topological polar surface area (TPSA) is 39.2 Å². The summed E-state index contributed by atoms with van der Waals surface area (Å²) in [5, 5.41) is 0.344. The molecule has 1 aliphatic carbocycles. The Bertz CT molecular complexity index is 427. The summed E-state index contributed by atoms with van der Waals surface area (Å²) in [4.78, 5) is 16.1. The van der Waals surface area contributed by atoms with Gasteiger partial charge in [-0.3, -0.25) is 0 Å². The van der Waals surface area contributed by atoms with Crippen molar-refractivity contribution in [3.05, 3.63) is 28.5 Å². The van der Waals surface area contributed by atoms with Crippen LogP contribution < -0.4 is 0 Å². The summed E-state index contributed by atoms with van der Waals surface area (Å²) in [6.07, 6.45) is 3.19. The van der Waals surface area contributed by atoms with Crippen molar-refractivity contribution in [3.63, 3.8) is 0 Å². The van der Waals surface area contributed by atoms with Crippen molar-refractivity contribution in [3.8, 4) is 0 Å². The minimum atomic E-state index is -0.291. The highest BCUT2D eigenvalue weighted by atomic mass is 35.5. The van der Waals surface area contributed by atoms with E-state index in [0.717, 1.165) is 25.0 Å². The number of hydrogen-bond donors (Lipinski definition) is 0. The van der Waals surface area contributed by atoms with E-state index in [0.29, 0.717) is 10.7 Å². The number of carbonyl (C=O) groups excluding carboxylic acids is 1. The summed E-state index contributed by atoms with van der Waals surface area (Å²) in [5.74, 6) is -0.0511. The van der Waals surface area contributed by atoms with Crippen LogP contribution >= 0.6 is 11.6 Å². The minimum Gasteiger partial charge on any atom is -0.459 e. The molecule has 0 unspecified atom stereocenters. The lowest BCUT2D eigenvalue weighted by Crippen LogP contribution is -2.25. The molecule has 1 aliphatic rings. The Balaban J connectivity index is 2.15. The zero-order valence-corrected chi connectivity index (χ0v) is 10.8. The van der Waals surface area contributed by atoms with E-state index < -0.39 is 0 Å². The lowest BCUT2D eigenvalue weighted by atomic mass is 9.96. The van der Waals surface area contributed by atoms with E-state index in [1.807, 2.05) is 13.8 Å². The maximum Gasteiger partial charge on any atom is 0.338 e. The molecular formula is C13H16ClNO2. The first kappa shape index (κ1) is 12.4. The summed E-state index contributed by atoms with van der Waals surface area (Å²) in [6, 6.07) is 3.33. The Morgan fingerprint density at radius 1 is 1.47 bits per heavy atom. The van der Waals surface area contributed by atoms with Crippen LogP contribution in [0.25, 0.3) is 0 Å². The van der Waals surface area contributed by atoms with Gasteiger partial charge in [-0.15, -0.1) is 0 Å². The maximum atomic E-state index is 11.9. The molecule has 2 rings (SSSR count). The lowest BCUT2D eigenvalue weighted by molar-refractivity contribution is 0.00898. The molecule has 1 aromatic heterocycles. The molecule has 1 saturated carbocycles. The van der Waals surface area contributed by atoms with Gasteiger partial charge in [-0.2, -0.15) is 0 Å². The van der Waals surface area contributed by atoms with E-state index in [2.05, 4.69) is 4.98 Å². The number of ether oxygens (including phenoxy) is 1. The molecule has 0 N–H and O–H groups in total. The second-order valence-corrected chi connectivity index (χ2v) is 5.10. The number of esters is 1. The molecule has 3 nitrogen and oxygen atoms in total. The number of hydrogen-bond acceptors (Lipinski definition) is 3. The van der Waals surface area contributed by atoms with Crippen molar-refractivity contribution in [2.24, 2.45) is 0 Å². The molecule has 1 heterocycles. The molecule has 0 aromatic carbocycles. The number of rotatable bonds is 3. The lowest BCUT2D eigenvalue weighted by Gasteiger charge is -2.25. The molecule has 0 radical (unpaired) electrons. The first-order valence-corrected chi connectivity index (χ1v) is 6.32. The van der Waals surface area contributed by atoms with Crippen molar-refractivity contribution >= 4 is 17.6 Å². The van der Waals surface area contributed by atoms with E-state index in [4.69, 9.17) is 16.3 Å². The Labute approximate surface area is 106 Å². The van der Waals surface area contributed by atoms with Crippen LogP contribution in [0.2, 0.25) is 5.15 Å². The number of nitrogens with zero attached hydrogens (tertiary/aromatic N) is 1. The van der Waals surface area contributed by atoms with E-state index in [-0.39, 0.29) is 18.0 Å². The Hall–Kier alpha value is -1.09. The van der Waals surface area contributed by atoms with Gasteiger partial charge in [0, 0.05) is 5.69 Å². The van der Waals surface area contributed by atoms with Gasteiger partial charge in [0.15, 0.2) is 0 Å². The molecule has 0 saturated heterocycles. The number of pyridine rings is 1. The monoisotopic (exact) mass is 253 g/mol. The highest BCUT2D eigenvalue weighted by Gasteiger charge is 2.23. The molecule has 0 bridgehead atoms.